The molecule has 144 valence electrons. The van der Waals surface area contributed by atoms with Crippen molar-refractivity contribution in [3.05, 3.63) is 71.7 Å². The van der Waals surface area contributed by atoms with E-state index in [1.165, 1.54) is 13.0 Å². The second-order valence-corrected chi connectivity index (χ2v) is 6.18. The Bertz CT molecular complexity index is 1120. The fourth-order valence-electron chi connectivity index (χ4n) is 2.65. The number of hydrogen-bond acceptors (Lipinski definition) is 6. The van der Waals surface area contributed by atoms with Gasteiger partial charge >= 0.3 is 0 Å². The van der Waals surface area contributed by atoms with E-state index in [0.29, 0.717) is 34.3 Å². The first-order chi connectivity index (χ1) is 13.9. The van der Waals surface area contributed by atoms with Gasteiger partial charge in [-0.15, -0.1) is 0 Å². The number of nitriles is 1. The predicted octanol–water partition coefficient (Wildman–Crippen LogP) is 3.61. The minimum absolute atomic E-state index is 0.158. The average molecular weight is 386 g/mol. The Morgan fingerprint density at radius 2 is 1.72 bits per heavy atom. The molecule has 3 rings (SSSR count). The number of benzene rings is 2. The number of hydrogen-bond donors (Lipinski definition) is 3. The van der Waals surface area contributed by atoms with E-state index in [2.05, 4.69) is 25.9 Å². The van der Waals surface area contributed by atoms with Crippen LogP contribution in [0, 0.1) is 18.3 Å². The Kier molecular flexibility index (Phi) is 5.80. The molecule has 8 nitrogen and oxygen atoms in total. The summed E-state index contributed by atoms with van der Waals surface area (Å²) in [6.07, 6.45) is 0. The minimum atomic E-state index is -0.451. The molecule has 0 radical (unpaired) electrons. The topological polar surface area (TPSA) is 120 Å². The first-order valence-electron chi connectivity index (χ1n) is 8.75. The van der Waals surface area contributed by atoms with E-state index < -0.39 is 5.91 Å². The Labute approximate surface area is 167 Å². The van der Waals surface area contributed by atoms with E-state index in [4.69, 9.17) is 5.26 Å². The number of amides is 2. The number of rotatable bonds is 5. The molecule has 0 aliphatic carbocycles. The van der Waals surface area contributed by atoms with Crippen LogP contribution in [0.15, 0.2) is 54.6 Å². The molecule has 2 aromatic carbocycles. The number of nitrogens with one attached hydrogen (secondary N) is 3. The molecular weight excluding hydrogens is 368 g/mol. The van der Waals surface area contributed by atoms with Gasteiger partial charge in [-0.25, -0.2) is 9.97 Å². The molecule has 0 aliphatic rings. The molecule has 0 fully saturated rings. The zero-order chi connectivity index (χ0) is 20.8. The molecule has 3 N–H and O–H groups in total. The lowest BCUT2D eigenvalue weighted by atomic mass is 10.2. The second-order valence-electron chi connectivity index (χ2n) is 6.18. The average Bonchev–Trinajstić information content (AvgIpc) is 2.67. The van der Waals surface area contributed by atoms with E-state index in [0.717, 1.165) is 0 Å². The molecule has 1 heterocycles. The maximum atomic E-state index is 12.6. The monoisotopic (exact) mass is 386 g/mol. The first kappa shape index (κ1) is 19.5. The van der Waals surface area contributed by atoms with Crippen molar-refractivity contribution in [1.29, 1.82) is 5.26 Å². The summed E-state index contributed by atoms with van der Waals surface area (Å²) in [4.78, 5) is 32.3. The zero-order valence-corrected chi connectivity index (χ0v) is 15.9. The number of aryl methyl sites for hydroxylation is 1. The molecule has 0 unspecified atom stereocenters. The van der Waals surface area contributed by atoms with Crippen molar-refractivity contribution in [2.75, 3.05) is 16.0 Å². The van der Waals surface area contributed by atoms with Gasteiger partial charge in [-0.05, 0) is 37.3 Å². The van der Waals surface area contributed by atoms with Gasteiger partial charge in [0.25, 0.3) is 5.91 Å². The summed E-state index contributed by atoms with van der Waals surface area (Å²) in [6.45, 7) is 3.11. The van der Waals surface area contributed by atoms with E-state index in [1.807, 2.05) is 12.1 Å². The Balaban J connectivity index is 1.82. The number of aromatic nitrogens is 2. The molecule has 1 aromatic heterocycles. The quantitative estimate of drug-likeness (QED) is 0.616. The van der Waals surface area contributed by atoms with Gasteiger partial charge in [-0.3, -0.25) is 9.59 Å². The summed E-state index contributed by atoms with van der Waals surface area (Å²) in [5.41, 5.74) is 2.26. The Morgan fingerprint density at radius 3 is 2.48 bits per heavy atom. The van der Waals surface area contributed by atoms with Gasteiger partial charge in [0.05, 0.1) is 11.3 Å². The highest BCUT2D eigenvalue weighted by molar-refractivity contribution is 6.04. The third-order valence-electron chi connectivity index (χ3n) is 3.82. The number of para-hydroxylation sites is 1. The van der Waals surface area contributed by atoms with Gasteiger partial charge in [0.2, 0.25) is 5.91 Å². The normalized spacial score (nSPS) is 9.97. The van der Waals surface area contributed by atoms with Crippen LogP contribution in [0.3, 0.4) is 0 Å². The highest BCUT2D eigenvalue weighted by Gasteiger charge is 2.13. The van der Waals surface area contributed by atoms with Gasteiger partial charge in [0, 0.05) is 24.4 Å². The molecule has 8 heteroatoms. The van der Waals surface area contributed by atoms with Crippen LogP contribution < -0.4 is 16.0 Å². The van der Waals surface area contributed by atoms with Crippen molar-refractivity contribution in [2.24, 2.45) is 0 Å². The van der Waals surface area contributed by atoms with Crippen molar-refractivity contribution in [1.82, 2.24) is 9.97 Å². The SMILES string of the molecule is CC(=O)Nc1cccc(Nc2cc(C(=O)Nc3ccccc3C#N)nc(C)n2)c1. The van der Waals surface area contributed by atoms with E-state index in [9.17, 15) is 9.59 Å². The largest absolute Gasteiger partial charge is 0.340 e. The van der Waals surface area contributed by atoms with Crippen LogP contribution in [0.4, 0.5) is 22.9 Å². The van der Waals surface area contributed by atoms with Crippen molar-refractivity contribution in [3.63, 3.8) is 0 Å². The standard InChI is InChI=1S/C21H18N6O2/c1-13-23-19(21(29)27-18-9-4-3-6-15(18)12-22)11-20(24-13)26-17-8-5-7-16(10-17)25-14(2)28/h3-11H,1-2H3,(H,25,28)(H,27,29)(H,23,24,26). The summed E-state index contributed by atoms with van der Waals surface area (Å²) >= 11 is 0. The van der Waals surface area contributed by atoms with Crippen LogP contribution in [0.25, 0.3) is 0 Å². The Hall–Kier alpha value is -4.25. The van der Waals surface area contributed by atoms with Crippen LogP contribution in [-0.4, -0.2) is 21.8 Å². The van der Waals surface area contributed by atoms with E-state index >= 15 is 0 Å². The van der Waals surface area contributed by atoms with Gasteiger partial charge in [-0.2, -0.15) is 5.26 Å². The van der Waals surface area contributed by atoms with Crippen molar-refractivity contribution >= 4 is 34.7 Å². The molecule has 29 heavy (non-hydrogen) atoms. The maximum Gasteiger partial charge on any atom is 0.274 e. The number of carbonyl (C=O) groups excluding carboxylic acids is 2. The summed E-state index contributed by atoms with van der Waals surface area (Å²) in [5.74, 6) is 0.216. The molecular formula is C21H18N6O2. The lowest BCUT2D eigenvalue weighted by Gasteiger charge is -2.11. The molecule has 0 saturated carbocycles. The molecule has 3 aromatic rings. The first-order valence-corrected chi connectivity index (χ1v) is 8.75. The van der Waals surface area contributed by atoms with Crippen molar-refractivity contribution in [3.8, 4) is 6.07 Å². The van der Waals surface area contributed by atoms with Gasteiger partial charge in [-0.1, -0.05) is 18.2 Å². The van der Waals surface area contributed by atoms with Crippen LogP contribution in [0.2, 0.25) is 0 Å². The third kappa shape index (κ3) is 5.14. The summed E-state index contributed by atoms with van der Waals surface area (Å²) in [7, 11) is 0. The molecule has 0 spiro atoms. The minimum Gasteiger partial charge on any atom is -0.340 e. The number of nitrogens with zero attached hydrogens (tertiary/aromatic N) is 3. The third-order valence-corrected chi connectivity index (χ3v) is 3.82. The zero-order valence-electron chi connectivity index (χ0n) is 15.9. The highest BCUT2D eigenvalue weighted by atomic mass is 16.2. The van der Waals surface area contributed by atoms with Crippen LogP contribution in [0.5, 0.6) is 0 Å². The summed E-state index contributed by atoms with van der Waals surface area (Å²) < 4.78 is 0. The molecule has 0 saturated heterocycles. The molecule has 0 atom stereocenters. The van der Waals surface area contributed by atoms with Gasteiger partial charge in [0.15, 0.2) is 0 Å². The van der Waals surface area contributed by atoms with Crippen molar-refractivity contribution in [2.45, 2.75) is 13.8 Å². The second kappa shape index (κ2) is 8.63. The molecule has 0 bridgehead atoms. The Morgan fingerprint density at radius 1 is 0.966 bits per heavy atom. The fraction of sp³-hybridized carbons (Fsp3) is 0.0952. The van der Waals surface area contributed by atoms with Gasteiger partial charge < -0.3 is 16.0 Å². The molecule has 0 aliphatic heterocycles. The van der Waals surface area contributed by atoms with E-state index in [-0.39, 0.29) is 11.6 Å². The molecule has 2 amide bonds. The maximum absolute atomic E-state index is 12.6. The number of carbonyl (C=O) groups is 2. The fourth-order valence-corrected chi connectivity index (χ4v) is 2.65. The summed E-state index contributed by atoms with van der Waals surface area (Å²) in [5, 5.41) is 17.7. The smallest absolute Gasteiger partial charge is 0.274 e. The van der Waals surface area contributed by atoms with Gasteiger partial charge in [0.1, 0.15) is 23.4 Å². The predicted molar refractivity (Wildman–Crippen MR) is 110 cm³/mol. The highest BCUT2D eigenvalue weighted by Crippen LogP contribution is 2.20. The van der Waals surface area contributed by atoms with Crippen LogP contribution in [0.1, 0.15) is 28.8 Å². The van der Waals surface area contributed by atoms with E-state index in [1.54, 1.807) is 49.4 Å². The van der Waals surface area contributed by atoms with Crippen molar-refractivity contribution < 1.29 is 9.59 Å². The lowest BCUT2D eigenvalue weighted by molar-refractivity contribution is -0.114. The summed E-state index contributed by atoms with van der Waals surface area (Å²) in [6, 6.07) is 17.4. The number of anilines is 4. The van der Waals surface area contributed by atoms with Crippen LogP contribution in [-0.2, 0) is 4.79 Å². The lowest BCUT2D eigenvalue weighted by Crippen LogP contribution is -2.16. The van der Waals surface area contributed by atoms with Crippen LogP contribution >= 0.6 is 0 Å².